The largest absolute Gasteiger partial charge is 0.443 e. The summed E-state index contributed by atoms with van der Waals surface area (Å²) in [6, 6.07) is 0. The number of nitrogens with one attached hydrogen (secondary N) is 1. The second kappa shape index (κ2) is 4.53. The number of amides is 1. The maximum atomic E-state index is 12.8. The van der Waals surface area contributed by atoms with E-state index in [1.165, 1.54) is 5.01 Å². The van der Waals surface area contributed by atoms with E-state index >= 15 is 0 Å². The highest BCUT2D eigenvalue weighted by Crippen LogP contribution is 2.26. The van der Waals surface area contributed by atoms with Crippen LogP contribution in [0.5, 0.6) is 0 Å². The van der Waals surface area contributed by atoms with Crippen LogP contribution < -0.4 is 5.43 Å². The molecule has 0 saturated carbocycles. The van der Waals surface area contributed by atoms with E-state index in [1.54, 1.807) is 20.8 Å². The molecule has 1 amide bonds. The summed E-state index contributed by atoms with van der Waals surface area (Å²) in [6.45, 7) is 5.53. The molecular weight excluding hydrogens is 218 g/mol. The minimum Gasteiger partial charge on any atom is -0.443 e. The molecule has 0 aliphatic carbocycles. The van der Waals surface area contributed by atoms with Gasteiger partial charge in [0.2, 0.25) is 0 Å². The Hall–Kier alpha value is -0.910. The molecule has 4 nitrogen and oxygen atoms in total. The van der Waals surface area contributed by atoms with Gasteiger partial charge in [-0.05, 0) is 20.8 Å². The van der Waals surface area contributed by atoms with Gasteiger partial charge in [0.25, 0.3) is 5.92 Å². The zero-order valence-electron chi connectivity index (χ0n) is 9.85. The Bertz CT molecular complexity index is 254. The third-order valence-corrected chi connectivity index (χ3v) is 2.14. The first-order valence-electron chi connectivity index (χ1n) is 5.30. The van der Waals surface area contributed by atoms with Crippen molar-refractivity contribution in [3.8, 4) is 0 Å². The van der Waals surface area contributed by atoms with Crippen LogP contribution in [0.2, 0.25) is 0 Å². The summed E-state index contributed by atoms with van der Waals surface area (Å²) in [5.41, 5.74) is 1.87. The van der Waals surface area contributed by atoms with E-state index in [1.807, 2.05) is 0 Å². The Labute approximate surface area is 93.9 Å². The summed E-state index contributed by atoms with van der Waals surface area (Å²) >= 11 is 0. The maximum Gasteiger partial charge on any atom is 0.422 e. The van der Waals surface area contributed by atoms with E-state index in [-0.39, 0.29) is 25.9 Å². The predicted octanol–water partition coefficient (Wildman–Crippen LogP) is 2.16. The SMILES string of the molecule is CC(C)(C)OC(=O)NN1CCC(F)(F)CC1. The number of ether oxygens (including phenoxy) is 1. The van der Waals surface area contributed by atoms with Crippen LogP contribution in [0.25, 0.3) is 0 Å². The molecule has 0 aromatic carbocycles. The number of carbonyl (C=O) groups is 1. The molecule has 1 rings (SSSR count). The Morgan fingerprint density at radius 1 is 1.31 bits per heavy atom. The molecule has 1 aliphatic heterocycles. The molecule has 1 N–H and O–H groups in total. The number of hydrazine groups is 1. The highest BCUT2D eigenvalue weighted by atomic mass is 19.3. The van der Waals surface area contributed by atoms with Crippen molar-refractivity contribution in [3.63, 3.8) is 0 Å². The first-order valence-corrected chi connectivity index (χ1v) is 5.30. The van der Waals surface area contributed by atoms with E-state index in [2.05, 4.69) is 5.43 Å². The highest BCUT2D eigenvalue weighted by molar-refractivity contribution is 5.67. The van der Waals surface area contributed by atoms with Crippen LogP contribution in [0, 0.1) is 0 Å². The number of alkyl halides is 2. The van der Waals surface area contributed by atoms with Crippen LogP contribution >= 0.6 is 0 Å². The fraction of sp³-hybridized carbons (Fsp3) is 0.900. The molecule has 0 bridgehead atoms. The van der Waals surface area contributed by atoms with Gasteiger partial charge in [-0.1, -0.05) is 0 Å². The van der Waals surface area contributed by atoms with Gasteiger partial charge in [0.05, 0.1) is 0 Å². The second-order valence-corrected chi connectivity index (χ2v) is 4.96. The first kappa shape index (κ1) is 13.2. The third-order valence-electron chi connectivity index (χ3n) is 2.14. The van der Waals surface area contributed by atoms with Gasteiger partial charge < -0.3 is 4.74 Å². The highest BCUT2D eigenvalue weighted by Gasteiger charge is 2.34. The van der Waals surface area contributed by atoms with E-state index in [9.17, 15) is 13.6 Å². The van der Waals surface area contributed by atoms with Crippen LogP contribution in [0.1, 0.15) is 33.6 Å². The standard InChI is InChI=1S/C10H18F2N2O2/c1-9(2,3)16-8(15)13-14-6-4-10(11,12)5-7-14/h4-7H2,1-3H3,(H,13,15). The zero-order chi connectivity index (χ0) is 12.4. The molecule has 6 heteroatoms. The summed E-state index contributed by atoms with van der Waals surface area (Å²) < 4.78 is 30.6. The van der Waals surface area contributed by atoms with E-state index < -0.39 is 17.6 Å². The van der Waals surface area contributed by atoms with Crippen LogP contribution in [0.4, 0.5) is 13.6 Å². The monoisotopic (exact) mass is 236 g/mol. The predicted molar refractivity (Wildman–Crippen MR) is 55.1 cm³/mol. The molecule has 0 atom stereocenters. The molecule has 1 fully saturated rings. The van der Waals surface area contributed by atoms with E-state index in [0.29, 0.717) is 0 Å². The van der Waals surface area contributed by atoms with Crippen molar-refractivity contribution < 1.29 is 18.3 Å². The van der Waals surface area contributed by atoms with Gasteiger partial charge in [0.15, 0.2) is 0 Å². The Kier molecular flexibility index (Phi) is 3.72. The number of piperidine rings is 1. The van der Waals surface area contributed by atoms with E-state index in [0.717, 1.165) is 0 Å². The van der Waals surface area contributed by atoms with Crippen LogP contribution in [0.15, 0.2) is 0 Å². The van der Waals surface area contributed by atoms with Crippen molar-refractivity contribution in [3.05, 3.63) is 0 Å². The quantitative estimate of drug-likeness (QED) is 0.758. The van der Waals surface area contributed by atoms with Crippen LogP contribution in [0.3, 0.4) is 0 Å². The first-order chi connectivity index (χ1) is 7.18. The van der Waals surface area contributed by atoms with Gasteiger partial charge >= 0.3 is 6.09 Å². The molecule has 0 aromatic heterocycles. The fourth-order valence-corrected chi connectivity index (χ4v) is 1.38. The van der Waals surface area contributed by atoms with Crippen LogP contribution in [-0.4, -0.2) is 35.7 Å². The Balaban J connectivity index is 2.32. The minimum absolute atomic E-state index is 0.145. The summed E-state index contributed by atoms with van der Waals surface area (Å²) in [5.74, 6) is -2.61. The molecular formula is C10H18F2N2O2. The van der Waals surface area contributed by atoms with Crippen molar-refractivity contribution in [2.45, 2.75) is 45.1 Å². The molecule has 0 radical (unpaired) electrons. The lowest BCUT2D eigenvalue weighted by Crippen LogP contribution is -2.50. The van der Waals surface area contributed by atoms with Gasteiger partial charge in [-0.25, -0.2) is 18.6 Å². The van der Waals surface area contributed by atoms with Crippen molar-refractivity contribution in [1.82, 2.24) is 10.4 Å². The number of halogens is 2. The molecule has 1 heterocycles. The van der Waals surface area contributed by atoms with Crippen molar-refractivity contribution >= 4 is 6.09 Å². The number of hydrogen-bond donors (Lipinski definition) is 1. The average Bonchev–Trinajstić information content (AvgIpc) is 2.05. The molecule has 1 saturated heterocycles. The number of hydrogen-bond acceptors (Lipinski definition) is 3. The maximum absolute atomic E-state index is 12.8. The topological polar surface area (TPSA) is 41.6 Å². The molecule has 0 unspecified atom stereocenters. The number of nitrogens with zero attached hydrogens (tertiary/aromatic N) is 1. The van der Waals surface area contributed by atoms with Crippen molar-refractivity contribution in [2.75, 3.05) is 13.1 Å². The fourth-order valence-electron chi connectivity index (χ4n) is 1.38. The lowest BCUT2D eigenvalue weighted by atomic mass is 10.1. The smallest absolute Gasteiger partial charge is 0.422 e. The third kappa shape index (κ3) is 4.74. The molecule has 16 heavy (non-hydrogen) atoms. The zero-order valence-corrected chi connectivity index (χ0v) is 9.85. The number of carbonyl (C=O) groups excluding carboxylic acids is 1. The summed E-state index contributed by atoms with van der Waals surface area (Å²) in [4.78, 5) is 11.3. The molecule has 0 spiro atoms. The van der Waals surface area contributed by atoms with Gasteiger partial charge in [-0.3, -0.25) is 5.43 Å². The minimum atomic E-state index is -2.61. The number of rotatable bonds is 1. The van der Waals surface area contributed by atoms with Gasteiger partial charge in [-0.15, -0.1) is 0 Å². The summed E-state index contributed by atoms with van der Waals surface area (Å²) in [7, 11) is 0. The summed E-state index contributed by atoms with van der Waals surface area (Å²) in [5, 5.41) is 1.46. The lowest BCUT2D eigenvalue weighted by Gasteiger charge is -2.32. The van der Waals surface area contributed by atoms with Crippen molar-refractivity contribution in [2.24, 2.45) is 0 Å². The molecule has 0 aromatic rings. The van der Waals surface area contributed by atoms with Crippen LogP contribution in [-0.2, 0) is 4.74 Å². The van der Waals surface area contributed by atoms with Gasteiger partial charge in [0.1, 0.15) is 5.60 Å². The van der Waals surface area contributed by atoms with Gasteiger partial charge in [-0.2, -0.15) is 0 Å². The van der Waals surface area contributed by atoms with E-state index in [4.69, 9.17) is 4.74 Å². The molecule has 1 aliphatic rings. The Morgan fingerprint density at radius 2 is 1.81 bits per heavy atom. The van der Waals surface area contributed by atoms with Gasteiger partial charge in [0, 0.05) is 25.9 Å². The molecule has 94 valence electrons. The van der Waals surface area contributed by atoms with Crippen molar-refractivity contribution in [1.29, 1.82) is 0 Å². The average molecular weight is 236 g/mol. The summed E-state index contributed by atoms with van der Waals surface area (Å²) in [6.07, 6.45) is -1.07. The second-order valence-electron chi connectivity index (χ2n) is 4.96. The normalized spacial score (nSPS) is 21.6. The Morgan fingerprint density at radius 3 is 2.25 bits per heavy atom. The lowest BCUT2D eigenvalue weighted by molar-refractivity contribution is -0.0670.